The SMILES string of the molecule is NCCc1cccn1Cc1cn2ccsc2n1. The van der Waals surface area contributed by atoms with E-state index in [0.29, 0.717) is 6.54 Å². The summed E-state index contributed by atoms with van der Waals surface area (Å²) in [6.45, 7) is 1.50. The summed E-state index contributed by atoms with van der Waals surface area (Å²) in [6.07, 6.45) is 7.11. The fourth-order valence-electron chi connectivity index (χ4n) is 2.01. The van der Waals surface area contributed by atoms with Crippen LogP contribution in [0.2, 0.25) is 0 Å². The molecule has 3 heterocycles. The summed E-state index contributed by atoms with van der Waals surface area (Å²) >= 11 is 1.66. The fraction of sp³-hybridized carbons (Fsp3) is 0.250. The molecule has 0 saturated carbocycles. The van der Waals surface area contributed by atoms with Gasteiger partial charge in [-0.3, -0.25) is 4.40 Å². The summed E-state index contributed by atoms with van der Waals surface area (Å²) < 4.78 is 4.27. The summed E-state index contributed by atoms with van der Waals surface area (Å²) in [5.74, 6) is 0. The predicted molar refractivity (Wildman–Crippen MR) is 69.4 cm³/mol. The molecule has 0 amide bonds. The average molecular weight is 246 g/mol. The van der Waals surface area contributed by atoms with Gasteiger partial charge in [0, 0.05) is 29.7 Å². The van der Waals surface area contributed by atoms with Crippen LogP contribution in [0.25, 0.3) is 4.96 Å². The molecule has 0 aliphatic rings. The third kappa shape index (κ3) is 1.99. The van der Waals surface area contributed by atoms with E-state index in [4.69, 9.17) is 5.73 Å². The van der Waals surface area contributed by atoms with Crippen LogP contribution in [0.5, 0.6) is 0 Å². The van der Waals surface area contributed by atoms with Gasteiger partial charge in [-0.05, 0) is 25.1 Å². The Balaban J connectivity index is 1.86. The molecule has 2 N–H and O–H groups in total. The third-order valence-corrected chi connectivity index (χ3v) is 3.57. The van der Waals surface area contributed by atoms with Crippen LogP contribution in [0.3, 0.4) is 0 Å². The largest absolute Gasteiger partial charge is 0.345 e. The molecule has 5 heteroatoms. The first kappa shape index (κ1) is 10.6. The van der Waals surface area contributed by atoms with E-state index in [2.05, 4.69) is 38.5 Å². The van der Waals surface area contributed by atoms with Crippen LogP contribution in [0.4, 0.5) is 0 Å². The summed E-state index contributed by atoms with van der Waals surface area (Å²) in [7, 11) is 0. The molecule has 0 aromatic carbocycles. The lowest BCUT2D eigenvalue weighted by molar-refractivity contribution is 0.725. The molecule has 0 unspecified atom stereocenters. The first-order valence-electron chi connectivity index (χ1n) is 5.62. The van der Waals surface area contributed by atoms with Crippen LogP contribution in [-0.4, -0.2) is 20.5 Å². The van der Waals surface area contributed by atoms with E-state index in [1.807, 2.05) is 11.6 Å². The van der Waals surface area contributed by atoms with Crippen LogP contribution >= 0.6 is 11.3 Å². The number of imidazole rings is 1. The number of fused-ring (bicyclic) bond motifs is 1. The minimum absolute atomic E-state index is 0.683. The Morgan fingerprint density at radius 2 is 2.29 bits per heavy atom. The maximum absolute atomic E-state index is 5.60. The molecule has 0 aliphatic carbocycles. The lowest BCUT2D eigenvalue weighted by Crippen LogP contribution is -2.09. The van der Waals surface area contributed by atoms with Crippen LogP contribution in [0.1, 0.15) is 11.4 Å². The van der Waals surface area contributed by atoms with E-state index in [1.165, 1.54) is 5.69 Å². The molecule has 88 valence electrons. The van der Waals surface area contributed by atoms with Gasteiger partial charge in [0.2, 0.25) is 0 Å². The van der Waals surface area contributed by atoms with Crippen LogP contribution in [0.15, 0.2) is 36.1 Å². The maximum atomic E-state index is 5.60. The van der Waals surface area contributed by atoms with Crippen molar-refractivity contribution in [1.82, 2.24) is 14.0 Å². The second-order valence-corrected chi connectivity index (χ2v) is 4.86. The van der Waals surface area contributed by atoms with Crippen molar-refractivity contribution in [2.75, 3.05) is 6.54 Å². The van der Waals surface area contributed by atoms with Gasteiger partial charge in [-0.1, -0.05) is 0 Å². The van der Waals surface area contributed by atoms with Crippen molar-refractivity contribution in [2.24, 2.45) is 5.73 Å². The van der Waals surface area contributed by atoms with Gasteiger partial charge in [-0.25, -0.2) is 4.98 Å². The Morgan fingerprint density at radius 3 is 3.12 bits per heavy atom. The Hall–Kier alpha value is -1.59. The zero-order valence-corrected chi connectivity index (χ0v) is 10.2. The second kappa shape index (κ2) is 4.35. The Labute approximate surface area is 103 Å². The smallest absolute Gasteiger partial charge is 0.193 e. The van der Waals surface area contributed by atoms with E-state index in [0.717, 1.165) is 23.6 Å². The Morgan fingerprint density at radius 1 is 1.35 bits per heavy atom. The predicted octanol–water partition coefficient (Wildman–Crippen LogP) is 1.75. The average Bonchev–Trinajstić information content (AvgIpc) is 2.95. The van der Waals surface area contributed by atoms with Gasteiger partial charge in [-0.2, -0.15) is 0 Å². The molecule has 0 atom stereocenters. The lowest BCUT2D eigenvalue weighted by atomic mass is 10.3. The molecule has 0 saturated heterocycles. The number of hydrogen-bond acceptors (Lipinski definition) is 3. The molecule has 4 nitrogen and oxygen atoms in total. The first-order valence-corrected chi connectivity index (χ1v) is 6.50. The van der Waals surface area contributed by atoms with Crippen molar-refractivity contribution in [1.29, 1.82) is 0 Å². The van der Waals surface area contributed by atoms with E-state index in [1.54, 1.807) is 11.3 Å². The molecule has 0 aliphatic heterocycles. The summed E-state index contributed by atoms with van der Waals surface area (Å²) in [4.78, 5) is 5.63. The van der Waals surface area contributed by atoms with Gasteiger partial charge < -0.3 is 10.3 Å². The number of rotatable bonds is 4. The van der Waals surface area contributed by atoms with E-state index < -0.39 is 0 Å². The maximum Gasteiger partial charge on any atom is 0.193 e. The van der Waals surface area contributed by atoms with Crippen molar-refractivity contribution in [3.63, 3.8) is 0 Å². The van der Waals surface area contributed by atoms with Crippen LogP contribution in [0, 0.1) is 0 Å². The van der Waals surface area contributed by atoms with Gasteiger partial charge in [0.05, 0.1) is 12.2 Å². The number of aromatic nitrogens is 3. The highest BCUT2D eigenvalue weighted by Crippen LogP contribution is 2.13. The minimum atomic E-state index is 0.683. The molecule has 0 fully saturated rings. The molecule has 17 heavy (non-hydrogen) atoms. The number of thiazole rings is 1. The van der Waals surface area contributed by atoms with Crippen molar-refractivity contribution >= 4 is 16.3 Å². The number of hydrogen-bond donors (Lipinski definition) is 1. The quantitative estimate of drug-likeness (QED) is 0.762. The summed E-state index contributed by atoms with van der Waals surface area (Å²) in [5.41, 5.74) is 7.95. The monoisotopic (exact) mass is 246 g/mol. The third-order valence-electron chi connectivity index (χ3n) is 2.80. The van der Waals surface area contributed by atoms with Gasteiger partial charge in [-0.15, -0.1) is 11.3 Å². The van der Waals surface area contributed by atoms with E-state index >= 15 is 0 Å². The lowest BCUT2D eigenvalue weighted by Gasteiger charge is -2.05. The highest BCUT2D eigenvalue weighted by molar-refractivity contribution is 7.15. The fourth-order valence-corrected chi connectivity index (χ4v) is 2.72. The zero-order chi connectivity index (χ0) is 11.7. The minimum Gasteiger partial charge on any atom is -0.345 e. The van der Waals surface area contributed by atoms with E-state index in [9.17, 15) is 0 Å². The van der Waals surface area contributed by atoms with Crippen molar-refractivity contribution in [3.8, 4) is 0 Å². The second-order valence-electron chi connectivity index (χ2n) is 3.99. The zero-order valence-electron chi connectivity index (χ0n) is 9.41. The Kier molecular flexibility index (Phi) is 2.70. The highest BCUT2D eigenvalue weighted by atomic mass is 32.1. The van der Waals surface area contributed by atoms with Gasteiger partial charge in [0.1, 0.15) is 0 Å². The number of nitrogens with zero attached hydrogens (tertiary/aromatic N) is 3. The van der Waals surface area contributed by atoms with E-state index in [-0.39, 0.29) is 0 Å². The molecule has 0 radical (unpaired) electrons. The molecule has 3 aromatic heterocycles. The molecular weight excluding hydrogens is 232 g/mol. The Bertz CT molecular complexity index is 591. The van der Waals surface area contributed by atoms with Crippen LogP contribution < -0.4 is 5.73 Å². The van der Waals surface area contributed by atoms with Crippen LogP contribution in [-0.2, 0) is 13.0 Å². The molecule has 0 spiro atoms. The summed E-state index contributed by atoms with van der Waals surface area (Å²) in [5, 5.41) is 2.04. The number of nitrogens with two attached hydrogens (primary N) is 1. The molecular formula is C12H14N4S. The van der Waals surface area contributed by atoms with Gasteiger partial charge in [0.25, 0.3) is 0 Å². The summed E-state index contributed by atoms with van der Waals surface area (Å²) in [6, 6.07) is 4.18. The van der Waals surface area contributed by atoms with Gasteiger partial charge in [0.15, 0.2) is 4.96 Å². The molecule has 3 rings (SSSR count). The van der Waals surface area contributed by atoms with Crippen molar-refractivity contribution in [3.05, 3.63) is 47.5 Å². The topological polar surface area (TPSA) is 48.2 Å². The highest BCUT2D eigenvalue weighted by Gasteiger charge is 2.05. The van der Waals surface area contributed by atoms with Gasteiger partial charge >= 0.3 is 0 Å². The normalized spacial score (nSPS) is 11.4. The first-order chi connectivity index (χ1) is 8.36. The van der Waals surface area contributed by atoms with Crippen molar-refractivity contribution in [2.45, 2.75) is 13.0 Å². The molecule has 0 bridgehead atoms. The standard InChI is InChI=1S/C12H14N4S/c13-4-3-11-2-1-5-15(11)8-10-9-16-6-7-17-12(16)14-10/h1-2,5-7,9H,3-4,8,13H2. The molecule has 3 aromatic rings. The van der Waals surface area contributed by atoms with Crippen molar-refractivity contribution < 1.29 is 0 Å².